The zero-order valence-corrected chi connectivity index (χ0v) is 14.9. The van der Waals surface area contributed by atoms with Crippen molar-refractivity contribution in [1.82, 2.24) is 10.2 Å². The lowest BCUT2D eigenvalue weighted by Crippen LogP contribution is -2.32. The molecular formula is C20H14F5N3. The van der Waals surface area contributed by atoms with Crippen molar-refractivity contribution in [2.75, 3.05) is 0 Å². The van der Waals surface area contributed by atoms with Crippen LogP contribution in [-0.2, 0) is 12.6 Å². The fourth-order valence-electron chi connectivity index (χ4n) is 3.46. The Balaban J connectivity index is 1.95. The Bertz CT molecular complexity index is 1130. The molecule has 2 heterocycles. The second-order valence-electron chi connectivity index (χ2n) is 7.31. The first-order chi connectivity index (χ1) is 13.1. The number of alkyl halides is 3. The topological polar surface area (TPSA) is 38.1 Å². The lowest BCUT2D eigenvalue weighted by Gasteiger charge is -2.30. The Labute approximate surface area is 156 Å². The van der Waals surface area contributed by atoms with Crippen LogP contribution in [0.25, 0.3) is 10.9 Å². The number of aliphatic imine (C=N–C) groups is 1. The molecule has 0 radical (unpaired) electrons. The van der Waals surface area contributed by atoms with Gasteiger partial charge in [0.05, 0.1) is 16.8 Å². The van der Waals surface area contributed by atoms with Gasteiger partial charge in [0.2, 0.25) is 0 Å². The van der Waals surface area contributed by atoms with E-state index in [1.165, 1.54) is 18.2 Å². The number of benzene rings is 2. The van der Waals surface area contributed by atoms with Crippen molar-refractivity contribution in [3.05, 3.63) is 70.4 Å². The third-order valence-corrected chi connectivity index (χ3v) is 4.65. The van der Waals surface area contributed by atoms with Crippen LogP contribution in [0.3, 0.4) is 0 Å². The number of nitrogens with zero attached hydrogens (tertiary/aromatic N) is 3. The first-order valence-corrected chi connectivity index (χ1v) is 8.48. The molecule has 0 saturated carbocycles. The third kappa shape index (κ3) is 3.02. The summed E-state index contributed by atoms with van der Waals surface area (Å²) < 4.78 is 67.8. The van der Waals surface area contributed by atoms with Gasteiger partial charge in [-0.1, -0.05) is 12.1 Å². The van der Waals surface area contributed by atoms with E-state index in [4.69, 9.17) is 0 Å². The van der Waals surface area contributed by atoms with E-state index in [9.17, 15) is 22.0 Å². The van der Waals surface area contributed by atoms with E-state index in [-0.39, 0.29) is 34.3 Å². The number of aromatic nitrogens is 2. The van der Waals surface area contributed by atoms with Gasteiger partial charge in [-0.25, -0.2) is 8.78 Å². The SMILES string of the molecule is CC1(C)Cc2c(cccc2C(F)(F)F)C(c2cc3ccc(F)c(F)c3nn2)=N1. The van der Waals surface area contributed by atoms with Crippen LogP contribution in [-0.4, -0.2) is 21.4 Å². The van der Waals surface area contributed by atoms with E-state index in [0.717, 1.165) is 12.1 Å². The summed E-state index contributed by atoms with van der Waals surface area (Å²) in [5.74, 6) is -2.17. The lowest BCUT2D eigenvalue weighted by molar-refractivity contribution is -0.138. The molecule has 0 atom stereocenters. The van der Waals surface area contributed by atoms with Crippen LogP contribution < -0.4 is 0 Å². The van der Waals surface area contributed by atoms with E-state index in [2.05, 4.69) is 15.2 Å². The molecule has 0 spiro atoms. The van der Waals surface area contributed by atoms with Gasteiger partial charge >= 0.3 is 6.18 Å². The molecule has 3 aromatic rings. The quantitative estimate of drug-likeness (QED) is 0.542. The molecule has 0 N–H and O–H groups in total. The minimum Gasteiger partial charge on any atom is -0.276 e. The maximum absolute atomic E-state index is 13.9. The van der Waals surface area contributed by atoms with Gasteiger partial charge < -0.3 is 0 Å². The summed E-state index contributed by atoms with van der Waals surface area (Å²) >= 11 is 0. The van der Waals surface area contributed by atoms with Crippen LogP contribution >= 0.6 is 0 Å². The molecule has 0 saturated heterocycles. The molecule has 1 aliphatic heterocycles. The minimum absolute atomic E-state index is 0.113. The third-order valence-electron chi connectivity index (χ3n) is 4.65. The van der Waals surface area contributed by atoms with Crippen LogP contribution in [0.4, 0.5) is 22.0 Å². The fourth-order valence-corrected chi connectivity index (χ4v) is 3.46. The number of fused-ring (bicyclic) bond motifs is 2. The molecule has 2 aromatic carbocycles. The first kappa shape index (κ1) is 18.5. The minimum atomic E-state index is -4.50. The number of halogens is 5. The van der Waals surface area contributed by atoms with Crippen molar-refractivity contribution in [3.8, 4) is 0 Å². The number of hydrogen-bond acceptors (Lipinski definition) is 3. The molecule has 0 unspecified atom stereocenters. The monoisotopic (exact) mass is 391 g/mol. The zero-order chi connectivity index (χ0) is 20.3. The van der Waals surface area contributed by atoms with Gasteiger partial charge in [-0.3, -0.25) is 4.99 Å². The van der Waals surface area contributed by atoms with E-state index in [1.807, 2.05) is 0 Å². The average Bonchev–Trinajstić information content (AvgIpc) is 2.62. The summed E-state index contributed by atoms with van der Waals surface area (Å²) in [7, 11) is 0. The highest BCUT2D eigenvalue weighted by molar-refractivity contribution is 6.14. The van der Waals surface area contributed by atoms with Crippen LogP contribution in [0.5, 0.6) is 0 Å². The normalized spacial score (nSPS) is 16.0. The zero-order valence-electron chi connectivity index (χ0n) is 14.9. The molecule has 0 fully saturated rings. The fraction of sp³-hybridized carbons (Fsp3) is 0.250. The second kappa shape index (κ2) is 6.05. The predicted molar refractivity (Wildman–Crippen MR) is 94.3 cm³/mol. The molecule has 4 rings (SSSR count). The molecule has 0 amide bonds. The van der Waals surface area contributed by atoms with Gasteiger partial charge in [0, 0.05) is 10.9 Å². The van der Waals surface area contributed by atoms with Crippen LogP contribution in [0.15, 0.2) is 41.4 Å². The highest BCUT2D eigenvalue weighted by atomic mass is 19.4. The van der Waals surface area contributed by atoms with Gasteiger partial charge in [0.25, 0.3) is 0 Å². The Hall–Kier alpha value is -2.90. The summed E-state index contributed by atoms with van der Waals surface area (Å²) in [6.07, 6.45) is -4.39. The second-order valence-corrected chi connectivity index (χ2v) is 7.31. The van der Waals surface area contributed by atoms with Crippen LogP contribution in [0, 0.1) is 11.6 Å². The number of hydrogen-bond donors (Lipinski definition) is 0. The van der Waals surface area contributed by atoms with E-state index < -0.39 is 28.9 Å². The maximum atomic E-state index is 13.9. The summed E-state index contributed by atoms with van der Waals surface area (Å²) in [6, 6.07) is 7.67. The Morgan fingerprint density at radius 1 is 1.00 bits per heavy atom. The van der Waals surface area contributed by atoms with E-state index in [1.54, 1.807) is 19.9 Å². The summed E-state index contributed by atoms with van der Waals surface area (Å²) in [5, 5.41) is 7.94. The maximum Gasteiger partial charge on any atom is 0.416 e. The molecule has 1 aromatic heterocycles. The Kier molecular flexibility index (Phi) is 3.99. The standard InChI is InChI=1S/C20H14F5N3/c1-19(2)9-12-11(4-3-5-13(12)20(23,24)25)18(26-19)15-8-10-6-7-14(21)16(22)17(10)28-27-15/h3-8H,9H2,1-2H3. The van der Waals surface area contributed by atoms with Gasteiger partial charge in [0.1, 0.15) is 11.2 Å². The van der Waals surface area contributed by atoms with Gasteiger partial charge in [-0.05, 0) is 50.1 Å². The van der Waals surface area contributed by atoms with Gasteiger partial charge in [0.15, 0.2) is 11.6 Å². The first-order valence-electron chi connectivity index (χ1n) is 8.48. The molecule has 1 aliphatic rings. The summed E-state index contributed by atoms with van der Waals surface area (Å²) in [4.78, 5) is 4.57. The van der Waals surface area contributed by atoms with Crippen molar-refractivity contribution in [3.63, 3.8) is 0 Å². The van der Waals surface area contributed by atoms with E-state index in [0.29, 0.717) is 5.56 Å². The highest BCUT2D eigenvalue weighted by Gasteiger charge is 2.38. The van der Waals surface area contributed by atoms with Gasteiger partial charge in [-0.2, -0.15) is 13.2 Å². The van der Waals surface area contributed by atoms with Crippen molar-refractivity contribution in [2.45, 2.75) is 32.0 Å². The molecule has 3 nitrogen and oxygen atoms in total. The van der Waals surface area contributed by atoms with Crippen molar-refractivity contribution in [1.29, 1.82) is 0 Å². The predicted octanol–water partition coefficient (Wildman–Crippen LogP) is 5.10. The van der Waals surface area contributed by atoms with Crippen molar-refractivity contribution >= 4 is 16.6 Å². The van der Waals surface area contributed by atoms with Gasteiger partial charge in [-0.15, -0.1) is 10.2 Å². The van der Waals surface area contributed by atoms with Crippen molar-refractivity contribution in [2.24, 2.45) is 4.99 Å². The summed E-state index contributed by atoms with van der Waals surface area (Å²) in [6.45, 7) is 3.46. The molecule has 8 heteroatoms. The molecule has 28 heavy (non-hydrogen) atoms. The Morgan fingerprint density at radius 2 is 1.75 bits per heavy atom. The molecule has 0 bridgehead atoms. The largest absolute Gasteiger partial charge is 0.416 e. The molecule has 0 aliphatic carbocycles. The van der Waals surface area contributed by atoms with Crippen LogP contribution in [0.1, 0.15) is 36.2 Å². The van der Waals surface area contributed by atoms with Crippen molar-refractivity contribution < 1.29 is 22.0 Å². The van der Waals surface area contributed by atoms with E-state index >= 15 is 0 Å². The lowest BCUT2D eigenvalue weighted by atomic mass is 9.83. The smallest absolute Gasteiger partial charge is 0.276 e. The average molecular weight is 391 g/mol. The Morgan fingerprint density at radius 3 is 2.46 bits per heavy atom. The molecule has 144 valence electrons. The van der Waals surface area contributed by atoms with Crippen LogP contribution in [0.2, 0.25) is 0 Å². The highest BCUT2D eigenvalue weighted by Crippen LogP contribution is 2.38. The molecular weight excluding hydrogens is 377 g/mol. The number of rotatable bonds is 1. The summed E-state index contributed by atoms with van der Waals surface area (Å²) in [5.41, 5.74) is -0.865.